The molecule has 0 bridgehead atoms. The van der Waals surface area contributed by atoms with Crippen molar-refractivity contribution in [2.24, 2.45) is 0 Å². The van der Waals surface area contributed by atoms with Crippen LogP contribution in [0, 0.1) is 12.7 Å². The number of carbonyl (C=O) groups is 1. The molecule has 0 spiro atoms. The van der Waals surface area contributed by atoms with E-state index in [2.05, 4.69) is 10.5 Å². The third-order valence-corrected chi connectivity index (χ3v) is 5.75. The van der Waals surface area contributed by atoms with E-state index in [4.69, 9.17) is 4.52 Å². The number of anilines is 1. The zero-order valence-corrected chi connectivity index (χ0v) is 15.4. The van der Waals surface area contributed by atoms with Gasteiger partial charge in [0, 0.05) is 29.2 Å². The summed E-state index contributed by atoms with van der Waals surface area (Å²) < 4.78 is 20.2. The van der Waals surface area contributed by atoms with Gasteiger partial charge in [0.1, 0.15) is 5.82 Å². The number of benzene rings is 2. The Morgan fingerprint density at radius 2 is 1.82 bits per heavy atom. The summed E-state index contributed by atoms with van der Waals surface area (Å²) in [6.07, 6.45) is 1.09. The zero-order chi connectivity index (χ0) is 19.3. The molecule has 0 saturated heterocycles. The Bertz CT molecular complexity index is 1100. The van der Waals surface area contributed by atoms with Crippen LogP contribution in [-0.4, -0.2) is 10.9 Å². The molecule has 4 nitrogen and oxygen atoms in total. The summed E-state index contributed by atoms with van der Waals surface area (Å²) in [5.41, 5.74) is 4.47. The van der Waals surface area contributed by atoms with Crippen LogP contribution in [0.4, 0.5) is 10.3 Å². The van der Waals surface area contributed by atoms with Gasteiger partial charge in [0.05, 0.1) is 11.3 Å². The van der Waals surface area contributed by atoms with E-state index < -0.39 is 5.92 Å². The molecule has 0 radical (unpaired) electrons. The number of aryl methyl sites for hydroxylation is 1. The summed E-state index contributed by atoms with van der Waals surface area (Å²) in [5.74, 6) is -0.186. The van der Waals surface area contributed by atoms with Crippen LogP contribution in [0.5, 0.6) is 0 Å². The highest BCUT2D eigenvalue weighted by atomic mass is 19.1. The minimum atomic E-state index is -0.497. The van der Waals surface area contributed by atoms with Crippen molar-refractivity contribution in [2.45, 2.75) is 31.6 Å². The lowest BCUT2D eigenvalue weighted by molar-refractivity contribution is -0.116. The highest BCUT2D eigenvalue weighted by molar-refractivity contribution is 6.01. The summed E-state index contributed by atoms with van der Waals surface area (Å²) in [7, 11) is 0. The molecule has 1 aliphatic carbocycles. The third kappa shape index (κ3) is 2.58. The van der Waals surface area contributed by atoms with E-state index in [1.54, 1.807) is 18.2 Å². The molecule has 3 aromatic rings. The molecule has 2 aliphatic rings. The van der Waals surface area contributed by atoms with Gasteiger partial charge < -0.3 is 9.84 Å². The van der Waals surface area contributed by atoms with Gasteiger partial charge in [0.2, 0.25) is 5.88 Å². The quantitative estimate of drug-likeness (QED) is 0.680. The minimum absolute atomic E-state index is 0.0436. The maximum absolute atomic E-state index is 14.7. The maximum atomic E-state index is 14.7. The van der Waals surface area contributed by atoms with Crippen molar-refractivity contribution >= 4 is 11.7 Å². The number of fused-ring (bicyclic) bond motifs is 1. The number of ketones is 1. The summed E-state index contributed by atoms with van der Waals surface area (Å²) >= 11 is 0. The maximum Gasteiger partial charge on any atom is 0.233 e. The lowest BCUT2D eigenvalue weighted by atomic mass is 9.72. The van der Waals surface area contributed by atoms with Crippen molar-refractivity contribution < 1.29 is 13.7 Å². The van der Waals surface area contributed by atoms with Crippen LogP contribution < -0.4 is 5.32 Å². The van der Waals surface area contributed by atoms with Crippen LogP contribution in [0.25, 0.3) is 0 Å². The molecule has 0 saturated carbocycles. The molecule has 0 fully saturated rings. The number of hydrogen-bond acceptors (Lipinski definition) is 4. The molecule has 1 aromatic heterocycles. The SMILES string of the molecule is Cc1noc2c1C(c1ccccc1F)C1=C(CC(c3ccccc3)CC1=O)N2. The average Bonchev–Trinajstić information content (AvgIpc) is 3.08. The van der Waals surface area contributed by atoms with Gasteiger partial charge in [-0.15, -0.1) is 0 Å². The molecular formula is C23H19FN2O2. The Morgan fingerprint density at radius 1 is 1.07 bits per heavy atom. The van der Waals surface area contributed by atoms with Crippen molar-refractivity contribution in [3.8, 4) is 0 Å². The van der Waals surface area contributed by atoms with Crippen molar-refractivity contribution in [3.05, 3.63) is 94.1 Å². The van der Waals surface area contributed by atoms with Gasteiger partial charge in [0.25, 0.3) is 0 Å². The van der Waals surface area contributed by atoms with Crippen molar-refractivity contribution in [1.82, 2.24) is 5.16 Å². The minimum Gasteiger partial charge on any atom is -0.338 e. The smallest absolute Gasteiger partial charge is 0.233 e. The van der Waals surface area contributed by atoms with E-state index in [1.165, 1.54) is 6.07 Å². The van der Waals surface area contributed by atoms with Gasteiger partial charge in [-0.3, -0.25) is 4.79 Å². The van der Waals surface area contributed by atoms with Crippen molar-refractivity contribution in [3.63, 3.8) is 0 Å². The van der Waals surface area contributed by atoms with Crippen LogP contribution in [0.1, 0.15) is 47.1 Å². The predicted molar refractivity (Wildman–Crippen MR) is 104 cm³/mol. The highest BCUT2D eigenvalue weighted by Crippen LogP contribution is 2.49. The van der Waals surface area contributed by atoms with E-state index in [9.17, 15) is 9.18 Å². The van der Waals surface area contributed by atoms with Gasteiger partial charge in [-0.25, -0.2) is 4.39 Å². The average molecular weight is 374 g/mol. The van der Waals surface area contributed by atoms with Crippen molar-refractivity contribution in [1.29, 1.82) is 0 Å². The highest BCUT2D eigenvalue weighted by Gasteiger charge is 2.41. The fourth-order valence-electron chi connectivity index (χ4n) is 4.45. The third-order valence-electron chi connectivity index (χ3n) is 5.75. The summed E-state index contributed by atoms with van der Waals surface area (Å²) in [5, 5.41) is 7.34. The zero-order valence-electron chi connectivity index (χ0n) is 15.4. The van der Waals surface area contributed by atoms with Crippen molar-refractivity contribution in [2.75, 3.05) is 5.32 Å². The number of hydrogen-bond donors (Lipinski definition) is 1. The lowest BCUT2D eigenvalue weighted by Gasteiger charge is -2.34. The number of halogens is 1. The van der Waals surface area contributed by atoms with E-state index >= 15 is 0 Å². The van der Waals surface area contributed by atoms with Crippen LogP contribution in [-0.2, 0) is 4.79 Å². The first-order valence-electron chi connectivity index (χ1n) is 9.42. The first kappa shape index (κ1) is 16.9. The molecule has 1 aliphatic heterocycles. The lowest BCUT2D eigenvalue weighted by Crippen LogP contribution is -2.30. The Labute approximate surface area is 162 Å². The summed E-state index contributed by atoms with van der Waals surface area (Å²) in [4.78, 5) is 13.3. The first-order valence-corrected chi connectivity index (χ1v) is 9.42. The van der Waals surface area contributed by atoms with Crippen LogP contribution in [0.15, 0.2) is 70.4 Å². The van der Waals surface area contributed by atoms with Crippen LogP contribution >= 0.6 is 0 Å². The largest absolute Gasteiger partial charge is 0.338 e. The molecule has 28 heavy (non-hydrogen) atoms. The van der Waals surface area contributed by atoms with E-state index in [0.717, 1.165) is 16.8 Å². The number of Topliss-reactive ketones (excluding diaryl/α,β-unsaturated/α-hetero) is 1. The topological polar surface area (TPSA) is 55.1 Å². The second-order valence-electron chi connectivity index (χ2n) is 7.42. The van der Waals surface area contributed by atoms with Gasteiger partial charge in [-0.2, -0.15) is 0 Å². The Balaban J connectivity index is 1.66. The molecule has 2 heterocycles. The Morgan fingerprint density at radius 3 is 2.61 bits per heavy atom. The first-order chi connectivity index (χ1) is 13.6. The molecule has 0 amide bonds. The number of rotatable bonds is 2. The monoisotopic (exact) mass is 374 g/mol. The fraction of sp³-hybridized carbons (Fsp3) is 0.217. The fourth-order valence-corrected chi connectivity index (χ4v) is 4.45. The van der Waals surface area contributed by atoms with E-state index in [-0.39, 0.29) is 17.5 Å². The van der Waals surface area contributed by atoms with Gasteiger partial charge >= 0.3 is 0 Å². The summed E-state index contributed by atoms with van der Waals surface area (Å²) in [6.45, 7) is 1.82. The molecular weight excluding hydrogens is 355 g/mol. The predicted octanol–water partition coefficient (Wildman–Crippen LogP) is 5.08. The molecule has 2 unspecified atom stereocenters. The van der Waals surface area contributed by atoms with Gasteiger partial charge in [0.15, 0.2) is 5.78 Å². The van der Waals surface area contributed by atoms with E-state index in [0.29, 0.717) is 35.6 Å². The van der Waals surface area contributed by atoms with Gasteiger partial charge in [-0.05, 0) is 30.9 Å². The number of aromatic nitrogens is 1. The molecule has 140 valence electrons. The Hall–Kier alpha value is -3.21. The normalized spacial score (nSPS) is 21.1. The van der Waals surface area contributed by atoms with E-state index in [1.807, 2.05) is 37.3 Å². The molecule has 1 N–H and O–H groups in total. The van der Waals surface area contributed by atoms with Gasteiger partial charge in [-0.1, -0.05) is 53.7 Å². The molecule has 2 atom stereocenters. The molecule has 5 rings (SSSR count). The number of nitrogens with one attached hydrogen (secondary N) is 1. The standard InChI is InChI=1S/C23H19FN2O2/c1-13-20-21(16-9-5-6-10-17(16)24)22-18(25-23(20)28-26-13)11-15(12-19(22)27)14-7-3-2-4-8-14/h2-10,15,21,25H,11-12H2,1H3. The summed E-state index contributed by atoms with van der Waals surface area (Å²) in [6, 6.07) is 16.7. The molecule has 2 aromatic carbocycles. The number of nitrogens with zero attached hydrogens (tertiary/aromatic N) is 1. The number of carbonyl (C=O) groups excluding carboxylic acids is 1. The van der Waals surface area contributed by atoms with Crippen LogP contribution in [0.2, 0.25) is 0 Å². The number of allylic oxidation sites excluding steroid dienone is 2. The molecule has 5 heteroatoms. The second-order valence-corrected chi connectivity index (χ2v) is 7.42. The second kappa shape index (κ2) is 6.44. The van der Waals surface area contributed by atoms with Crippen LogP contribution in [0.3, 0.4) is 0 Å². The Kier molecular flexibility index (Phi) is 3.90.